The van der Waals surface area contributed by atoms with Crippen LogP contribution in [0, 0.1) is 0 Å². The van der Waals surface area contributed by atoms with Crippen LogP contribution < -0.4 is 10.1 Å². The maximum absolute atomic E-state index is 13.1. The van der Waals surface area contributed by atoms with E-state index in [0.717, 1.165) is 0 Å². The van der Waals surface area contributed by atoms with Crippen molar-refractivity contribution in [3.05, 3.63) is 40.8 Å². The van der Waals surface area contributed by atoms with Crippen LogP contribution in [0.25, 0.3) is 0 Å². The molecule has 0 radical (unpaired) electrons. The van der Waals surface area contributed by atoms with Crippen LogP contribution in [-0.4, -0.2) is 61.7 Å². The summed E-state index contributed by atoms with van der Waals surface area (Å²) >= 11 is 3.16. The van der Waals surface area contributed by atoms with E-state index in [1.807, 2.05) is 6.92 Å². The minimum Gasteiger partial charge on any atom is -0.478 e. The van der Waals surface area contributed by atoms with Gasteiger partial charge in [-0.1, -0.05) is 6.92 Å². The number of furan rings is 1. The van der Waals surface area contributed by atoms with Crippen molar-refractivity contribution in [2.24, 2.45) is 0 Å². The number of sulfonamides is 1. The summed E-state index contributed by atoms with van der Waals surface area (Å²) in [5, 5.41) is 2.70. The zero-order valence-corrected chi connectivity index (χ0v) is 18.5. The predicted molar refractivity (Wildman–Crippen MR) is 111 cm³/mol. The highest BCUT2D eigenvalue weighted by atomic mass is 79.9. The fourth-order valence-corrected chi connectivity index (χ4v) is 5.18. The lowest BCUT2D eigenvalue weighted by molar-refractivity contribution is -0.123. The van der Waals surface area contributed by atoms with Gasteiger partial charge in [-0.3, -0.25) is 9.59 Å². The van der Waals surface area contributed by atoms with Gasteiger partial charge in [0, 0.05) is 26.2 Å². The maximum Gasteiger partial charge on any atom is 0.289 e. The van der Waals surface area contributed by atoms with Gasteiger partial charge in [-0.05, 0) is 52.7 Å². The van der Waals surface area contributed by atoms with Gasteiger partial charge < -0.3 is 19.4 Å². The summed E-state index contributed by atoms with van der Waals surface area (Å²) in [6.45, 7) is 2.66. The van der Waals surface area contributed by atoms with Gasteiger partial charge in [0.05, 0.1) is 10.6 Å². The summed E-state index contributed by atoms with van der Waals surface area (Å²) in [5.41, 5.74) is 0.336. The van der Waals surface area contributed by atoms with E-state index in [1.165, 1.54) is 16.4 Å². The lowest BCUT2D eigenvalue weighted by Crippen LogP contribution is -2.50. The zero-order valence-electron chi connectivity index (χ0n) is 16.1. The van der Waals surface area contributed by atoms with Crippen LogP contribution in [-0.2, 0) is 14.8 Å². The molecule has 0 unspecified atom stereocenters. The Kier molecular flexibility index (Phi) is 5.60. The van der Waals surface area contributed by atoms with E-state index in [-0.39, 0.29) is 48.6 Å². The Labute approximate surface area is 182 Å². The molecular weight excluding hydrogens is 478 g/mol. The van der Waals surface area contributed by atoms with Crippen molar-refractivity contribution < 1.29 is 27.2 Å². The van der Waals surface area contributed by atoms with E-state index in [1.54, 1.807) is 23.1 Å². The average molecular weight is 498 g/mol. The molecule has 1 N–H and O–H groups in total. The third-order valence-electron chi connectivity index (χ3n) is 5.09. The Balaban J connectivity index is 1.47. The molecule has 1 saturated heterocycles. The number of carbonyl (C=O) groups is 2. The van der Waals surface area contributed by atoms with Crippen molar-refractivity contribution in [2.75, 3.05) is 31.5 Å². The monoisotopic (exact) mass is 497 g/mol. The van der Waals surface area contributed by atoms with Crippen molar-refractivity contribution in [3.8, 4) is 5.75 Å². The maximum atomic E-state index is 13.1. The third kappa shape index (κ3) is 3.84. The van der Waals surface area contributed by atoms with E-state index in [4.69, 9.17) is 9.15 Å². The summed E-state index contributed by atoms with van der Waals surface area (Å²) in [5.74, 6) is 0.0718. The molecule has 0 bridgehead atoms. The molecule has 160 valence electrons. The highest BCUT2D eigenvalue weighted by Crippen LogP contribution is 2.33. The van der Waals surface area contributed by atoms with Crippen LogP contribution in [0.3, 0.4) is 0 Å². The van der Waals surface area contributed by atoms with Crippen LogP contribution in [0.5, 0.6) is 5.75 Å². The standard InChI is InChI=1S/C19H20BrN3O6S/c1-2-14-18(24)21-13-11-12(3-4-15(13)28-14)30(26,27)23-9-7-22(8-10-23)19(25)16-5-6-17(20)29-16/h3-6,11,14H,2,7-10H2,1H3,(H,21,24)/t14-/m0/s1. The van der Waals surface area contributed by atoms with Gasteiger partial charge in [0.15, 0.2) is 16.5 Å². The van der Waals surface area contributed by atoms with Crippen LogP contribution in [0.2, 0.25) is 0 Å². The van der Waals surface area contributed by atoms with Gasteiger partial charge in [-0.2, -0.15) is 4.31 Å². The van der Waals surface area contributed by atoms with Crippen LogP contribution in [0.4, 0.5) is 5.69 Å². The first-order chi connectivity index (χ1) is 14.3. The molecule has 1 fully saturated rings. The number of nitrogens with one attached hydrogen (secondary N) is 1. The predicted octanol–water partition coefficient (Wildman–Crippen LogP) is 2.30. The molecule has 0 aliphatic carbocycles. The van der Waals surface area contributed by atoms with Crippen LogP contribution in [0.1, 0.15) is 23.9 Å². The molecule has 11 heteroatoms. The van der Waals surface area contributed by atoms with Gasteiger partial charge in [0.2, 0.25) is 10.0 Å². The molecule has 2 aliphatic heterocycles. The van der Waals surface area contributed by atoms with E-state index in [0.29, 0.717) is 22.5 Å². The fraction of sp³-hybridized carbons (Fsp3) is 0.368. The molecule has 0 saturated carbocycles. The van der Waals surface area contributed by atoms with Gasteiger partial charge in [-0.15, -0.1) is 0 Å². The highest BCUT2D eigenvalue weighted by molar-refractivity contribution is 9.10. The number of rotatable bonds is 4. The average Bonchev–Trinajstić information content (AvgIpc) is 3.18. The number of ether oxygens (including phenoxy) is 1. The van der Waals surface area contributed by atoms with Crippen LogP contribution >= 0.6 is 15.9 Å². The highest BCUT2D eigenvalue weighted by Gasteiger charge is 2.33. The fourth-order valence-electron chi connectivity index (χ4n) is 3.42. The van der Waals surface area contributed by atoms with Gasteiger partial charge in [0.25, 0.3) is 11.8 Å². The number of hydrogen-bond donors (Lipinski definition) is 1. The number of halogens is 1. The Morgan fingerprint density at radius 2 is 1.93 bits per heavy atom. The Morgan fingerprint density at radius 3 is 2.57 bits per heavy atom. The number of amides is 2. The summed E-state index contributed by atoms with van der Waals surface area (Å²) in [6, 6.07) is 7.64. The molecular formula is C19H20BrN3O6S. The molecule has 1 aromatic heterocycles. The summed E-state index contributed by atoms with van der Waals surface area (Å²) in [6.07, 6.45) is -0.0659. The van der Waals surface area contributed by atoms with Crippen molar-refractivity contribution in [3.63, 3.8) is 0 Å². The van der Waals surface area contributed by atoms with Crippen molar-refractivity contribution in [1.29, 1.82) is 0 Å². The van der Waals surface area contributed by atoms with E-state index >= 15 is 0 Å². The first-order valence-electron chi connectivity index (χ1n) is 9.46. The minimum atomic E-state index is -3.78. The molecule has 1 atom stereocenters. The van der Waals surface area contributed by atoms with Crippen molar-refractivity contribution in [2.45, 2.75) is 24.3 Å². The summed E-state index contributed by atoms with van der Waals surface area (Å²) in [7, 11) is -3.78. The molecule has 9 nitrogen and oxygen atoms in total. The number of hydrogen-bond acceptors (Lipinski definition) is 6. The first kappa shape index (κ1) is 20.9. The van der Waals surface area contributed by atoms with Crippen LogP contribution in [0.15, 0.2) is 44.3 Å². The smallest absolute Gasteiger partial charge is 0.289 e. The molecule has 2 amide bonds. The number of benzene rings is 1. The first-order valence-corrected chi connectivity index (χ1v) is 11.7. The topological polar surface area (TPSA) is 109 Å². The largest absolute Gasteiger partial charge is 0.478 e. The Morgan fingerprint density at radius 1 is 1.20 bits per heavy atom. The SMILES string of the molecule is CC[C@@H]1Oc2ccc(S(=O)(=O)N3CCN(C(=O)c4ccc(Br)o4)CC3)cc2NC1=O. The number of carbonyl (C=O) groups excluding carboxylic acids is 2. The van der Waals surface area contributed by atoms with E-state index in [9.17, 15) is 18.0 Å². The normalized spacial score (nSPS) is 19.7. The molecule has 2 aromatic rings. The lowest BCUT2D eigenvalue weighted by Gasteiger charge is -2.33. The second-order valence-corrected chi connectivity index (χ2v) is 9.68. The number of fused-ring (bicyclic) bond motifs is 1. The molecule has 2 aliphatic rings. The Bertz CT molecular complexity index is 1090. The molecule has 0 spiro atoms. The quantitative estimate of drug-likeness (QED) is 0.693. The second kappa shape index (κ2) is 8.05. The second-order valence-electron chi connectivity index (χ2n) is 6.96. The number of anilines is 1. The lowest BCUT2D eigenvalue weighted by atomic mass is 10.2. The molecule has 30 heavy (non-hydrogen) atoms. The van der Waals surface area contributed by atoms with Gasteiger partial charge in [0.1, 0.15) is 5.75 Å². The minimum absolute atomic E-state index is 0.0647. The number of nitrogens with zero attached hydrogens (tertiary/aromatic N) is 2. The van der Waals surface area contributed by atoms with Crippen molar-refractivity contribution >= 4 is 43.5 Å². The Hall–Kier alpha value is -2.37. The van der Waals surface area contributed by atoms with Gasteiger partial charge in [-0.25, -0.2) is 8.42 Å². The molecule has 4 rings (SSSR count). The molecule has 1 aromatic carbocycles. The number of piperazine rings is 1. The summed E-state index contributed by atoms with van der Waals surface area (Å²) < 4.78 is 38.8. The van der Waals surface area contributed by atoms with E-state index < -0.39 is 16.1 Å². The summed E-state index contributed by atoms with van der Waals surface area (Å²) in [4.78, 5) is 26.1. The van der Waals surface area contributed by atoms with Crippen molar-refractivity contribution in [1.82, 2.24) is 9.21 Å². The van der Waals surface area contributed by atoms with Gasteiger partial charge >= 0.3 is 0 Å². The zero-order chi connectivity index (χ0) is 21.5. The van der Waals surface area contributed by atoms with E-state index in [2.05, 4.69) is 21.2 Å². The molecule has 3 heterocycles. The third-order valence-corrected chi connectivity index (χ3v) is 7.41.